The number of nitrogens with one attached hydrogen (secondary N) is 1. The predicted octanol–water partition coefficient (Wildman–Crippen LogP) is 5.35. The highest BCUT2D eigenvalue weighted by atomic mass is 16.3. The summed E-state index contributed by atoms with van der Waals surface area (Å²) in [7, 11) is 0. The van der Waals surface area contributed by atoms with Crippen molar-refractivity contribution in [3.63, 3.8) is 0 Å². The highest BCUT2D eigenvalue weighted by molar-refractivity contribution is 6.05. The van der Waals surface area contributed by atoms with Gasteiger partial charge in [-0.2, -0.15) is 0 Å². The van der Waals surface area contributed by atoms with E-state index < -0.39 is 0 Å². The van der Waals surface area contributed by atoms with Gasteiger partial charge in [-0.1, -0.05) is 0 Å². The molecule has 0 saturated heterocycles. The molecule has 6 bridgehead atoms. The number of hydrogen-bond donors (Lipinski definition) is 6. The van der Waals surface area contributed by atoms with Crippen LogP contribution in [0, 0.1) is 0 Å². The van der Waals surface area contributed by atoms with E-state index in [4.69, 9.17) is 15.7 Å². The second-order valence-corrected chi connectivity index (χ2v) is 10.3. The quantitative estimate of drug-likeness (QED) is 0.135. The van der Waals surface area contributed by atoms with Crippen LogP contribution in [0.5, 0.6) is 23.0 Å². The summed E-state index contributed by atoms with van der Waals surface area (Å²) in [4.78, 5) is 31.4. The molecular formula is C32H20N8O4. The molecule has 4 aromatic carbocycles. The first kappa shape index (κ1) is 25.2. The lowest BCUT2D eigenvalue weighted by atomic mass is 10.1. The third-order valence-corrected chi connectivity index (χ3v) is 7.44. The Hall–Kier alpha value is -6.56. The highest BCUT2D eigenvalue weighted by Crippen LogP contribution is 2.38. The number of hydrogen-bond acceptors (Lipinski definition) is 11. The van der Waals surface area contributed by atoms with Gasteiger partial charge in [0.15, 0.2) is 23.3 Å². The summed E-state index contributed by atoms with van der Waals surface area (Å²) >= 11 is 0. The van der Waals surface area contributed by atoms with Gasteiger partial charge in [0.25, 0.3) is 0 Å². The lowest BCUT2D eigenvalue weighted by molar-refractivity contribution is 0.475. The zero-order valence-electron chi connectivity index (χ0n) is 22.6. The Labute approximate surface area is 247 Å². The van der Waals surface area contributed by atoms with Crippen LogP contribution in [0.3, 0.4) is 0 Å². The van der Waals surface area contributed by atoms with Gasteiger partial charge >= 0.3 is 0 Å². The molecule has 0 radical (unpaired) electrons. The van der Waals surface area contributed by atoms with Crippen molar-refractivity contribution in [1.29, 1.82) is 0 Å². The second kappa shape index (κ2) is 9.22. The van der Waals surface area contributed by atoms with Crippen LogP contribution in [0.4, 0.5) is 5.82 Å². The monoisotopic (exact) mass is 580 g/mol. The molecule has 0 spiro atoms. The molecule has 8 rings (SSSR count). The Kier molecular flexibility index (Phi) is 5.28. The van der Waals surface area contributed by atoms with E-state index in [1.807, 2.05) is 0 Å². The largest absolute Gasteiger partial charge is 0.508 e. The van der Waals surface area contributed by atoms with Crippen molar-refractivity contribution < 1.29 is 20.4 Å². The van der Waals surface area contributed by atoms with Crippen LogP contribution in [-0.2, 0) is 0 Å². The third-order valence-electron chi connectivity index (χ3n) is 7.44. The fraction of sp³-hybridized carbons (Fsp3) is 0. The number of anilines is 1. The number of nitrogens with two attached hydrogens (primary N) is 1. The first-order valence-corrected chi connectivity index (χ1v) is 13.4. The molecule has 2 aliphatic heterocycles. The maximum absolute atomic E-state index is 10.3. The maximum atomic E-state index is 10.3. The van der Waals surface area contributed by atoms with Crippen molar-refractivity contribution in [2.75, 3.05) is 5.73 Å². The summed E-state index contributed by atoms with van der Waals surface area (Å²) in [5.74, 6) is 1.27. The van der Waals surface area contributed by atoms with E-state index in [1.165, 1.54) is 24.3 Å². The summed E-state index contributed by atoms with van der Waals surface area (Å²) in [6, 6.07) is 19.0. The van der Waals surface area contributed by atoms with Gasteiger partial charge in [-0.05, 0) is 72.8 Å². The molecule has 44 heavy (non-hydrogen) atoms. The number of aromatic nitrogens is 7. The molecule has 0 atom stereocenters. The average Bonchev–Trinajstić information content (AvgIpc) is 3.63. The van der Waals surface area contributed by atoms with Crippen LogP contribution in [-0.4, -0.2) is 55.3 Å². The predicted molar refractivity (Wildman–Crippen MR) is 164 cm³/mol. The molecule has 2 aliphatic rings. The standard InChI is InChI=1S/C32H20N8O4/c33-26-22-9-15(41)2-1-14(22)13-34-27-23-10-16(42)3-6-19(23)29(36-27)38-32-25-12-18(44)5-8-21(25)30(40-32)39-31-24-11-17(43)4-7-20(24)28(35-26)37-31/h1-13,41-44H,(H3,33,34,35,36,37,38,39,40). The van der Waals surface area contributed by atoms with E-state index >= 15 is 0 Å². The minimum Gasteiger partial charge on any atom is -0.508 e. The van der Waals surface area contributed by atoms with Gasteiger partial charge in [0.1, 0.15) is 40.1 Å². The minimum absolute atomic E-state index is 0.0198. The molecule has 0 amide bonds. The van der Waals surface area contributed by atoms with Crippen LogP contribution in [0.1, 0.15) is 0 Å². The number of aromatic amines is 1. The van der Waals surface area contributed by atoms with E-state index in [0.29, 0.717) is 66.7 Å². The molecule has 0 fully saturated rings. The van der Waals surface area contributed by atoms with Crippen LogP contribution >= 0.6 is 0 Å². The number of benzene rings is 4. The smallest absolute Gasteiger partial charge is 0.164 e. The van der Waals surface area contributed by atoms with Gasteiger partial charge in [0.2, 0.25) is 0 Å². The van der Waals surface area contributed by atoms with E-state index in [-0.39, 0.29) is 40.5 Å². The third kappa shape index (κ3) is 4.01. The van der Waals surface area contributed by atoms with E-state index in [0.717, 1.165) is 0 Å². The maximum Gasteiger partial charge on any atom is 0.164 e. The molecule has 7 N–H and O–H groups in total. The fourth-order valence-corrected chi connectivity index (χ4v) is 5.37. The Balaban J connectivity index is 1.57. The summed E-state index contributed by atoms with van der Waals surface area (Å²) < 4.78 is 0. The number of nitrogens with zero attached hydrogens (tertiary/aromatic N) is 6. The van der Waals surface area contributed by atoms with Gasteiger partial charge in [-0.15, -0.1) is 0 Å². The average molecular weight is 581 g/mol. The zero-order valence-corrected chi connectivity index (χ0v) is 22.6. The fourth-order valence-electron chi connectivity index (χ4n) is 5.37. The van der Waals surface area contributed by atoms with Crippen LogP contribution < -0.4 is 5.73 Å². The van der Waals surface area contributed by atoms with Crippen molar-refractivity contribution >= 4 is 38.7 Å². The number of fused-ring (bicyclic) bond motifs is 16. The van der Waals surface area contributed by atoms with Gasteiger partial charge in [-0.3, -0.25) is 0 Å². The summed E-state index contributed by atoms with van der Waals surface area (Å²) in [5.41, 5.74) is 9.60. The van der Waals surface area contributed by atoms with E-state index in [9.17, 15) is 20.4 Å². The molecule has 0 saturated carbocycles. The van der Waals surface area contributed by atoms with Crippen molar-refractivity contribution in [3.8, 4) is 68.5 Å². The minimum atomic E-state index is -0.0229. The molecular weight excluding hydrogens is 560 g/mol. The molecule has 0 aliphatic carbocycles. The summed E-state index contributed by atoms with van der Waals surface area (Å²) in [6.07, 6.45) is 1.54. The lowest BCUT2D eigenvalue weighted by Gasteiger charge is -2.01. The Morgan fingerprint density at radius 2 is 1.00 bits per heavy atom. The molecule has 2 aromatic heterocycles. The number of phenols is 4. The Bertz CT molecular complexity index is 2420. The zero-order chi connectivity index (χ0) is 30.1. The van der Waals surface area contributed by atoms with Crippen molar-refractivity contribution in [3.05, 3.63) is 79.0 Å². The SMILES string of the molecule is Nc1nc2nc(nc3[nH]c(nc4nc(ncc5ccc(O)cc15)-c1cc(O)ccc1-4)c1cc(O)ccc31)-c1cc(O)ccc1-2. The molecule has 212 valence electrons. The van der Waals surface area contributed by atoms with Crippen LogP contribution in [0.2, 0.25) is 0 Å². The molecule has 4 heterocycles. The van der Waals surface area contributed by atoms with Gasteiger partial charge in [0.05, 0.1) is 0 Å². The van der Waals surface area contributed by atoms with Crippen molar-refractivity contribution in [2.45, 2.75) is 0 Å². The summed E-state index contributed by atoms with van der Waals surface area (Å²) in [6.45, 7) is 0. The number of aromatic hydroxyl groups is 4. The van der Waals surface area contributed by atoms with E-state index in [2.05, 4.69) is 24.9 Å². The van der Waals surface area contributed by atoms with Gasteiger partial charge in [0, 0.05) is 50.0 Å². The number of H-pyrrole nitrogens is 1. The topological polar surface area (TPSA) is 200 Å². The normalized spacial score (nSPS) is 11.6. The number of nitrogen functional groups attached to an aromatic ring is 1. The Morgan fingerprint density at radius 1 is 0.477 bits per heavy atom. The molecule has 12 nitrogen and oxygen atoms in total. The number of rotatable bonds is 0. The molecule has 0 unspecified atom stereocenters. The summed E-state index contributed by atoms with van der Waals surface area (Å²) in [5, 5.41) is 43.4. The van der Waals surface area contributed by atoms with Crippen LogP contribution in [0.25, 0.3) is 78.4 Å². The van der Waals surface area contributed by atoms with Crippen LogP contribution in [0.15, 0.2) is 79.0 Å². The second-order valence-electron chi connectivity index (χ2n) is 10.3. The van der Waals surface area contributed by atoms with Crippen molar-refractivity contribution in [2.24, 2.45) is 0 Å². The first-order valence-electron chi connectivity index (χ1n) is 13.4. The molecule has 12 heteroatoms. The van der Waals surface area contributed by atoms with Gasteiger partial charge < -0.3 is 31.1 Å². The Morgan fingerprint density at radius 3 is 1.73 bits per heavy atom. The lowest BCUT2D eigenvalue weighted by Crippen LogP contribution is -1.91. The van der Waals surface area contributed by atoms with Crippen molar-refractivity contribution in [1.82, 2.24) is 34.9 Å². The molecule has 6 aromatic rings. The highest BCUT2D eigenvalue weighted by Gasteiger charge is 2.22. The number of phenolic OH excluding ortho intramolecular Hbond substituents is 4. The first-order chi connectivity index (χ1) is 21.3. The van der Waals surface area contributed by atoms with E-state index in [1.54, 1.807) is 54.7 Å². The van der Waals surface area contributed by atoms with Gasteiger partial charge in [-0.25, -0.2) is 29.9 Å².